The highest BCUT2D eigenvalue weighted by Crippen LogP contribution is 2.29. The molecule has 1 rings (SSSR count). The van der Waals surface area contributed by atoms with Crippen molar-refractivity contribution >= 4 is 6.29 Å². The lowest BCUT2D eigenvalue weighted by Gasteiger charge is -2.16. The van der Waals surface area contributed by atoms with E-state index in [0.717, 1.165) is 12.7 Å². The van der Waals surface area contributed by atoms with E-state index in [2.05, 4.69) is 0 Å². The monoisotopic (exact) mass is 172 g/mol. The molecule has 0 spiro atoms. The molecular formula is C9H16O3. The molecule has 2 atom stereocenters. The second kappa shape index (κ2) is 3.54. The fourth-order valence-electron chi connectivity index (χ4n) is 1.54. The topological polar surface area (TPSA) is 35.5 Å². The number of carbonyl (C=O) groups is 1. The zero-order chi connectivity index (χ0) is 9.19. The first-order valence-corrected chi connectivity index (χ1v) is 4.34. The fraction of sp³-hybridized carbons (Fsp3) is 0.889. The molecule has 3 nitrogen and oxygen atoms in total. The van der Waals surface area contributed by atoms with Crippen LogP contribution in [0.4, 0.5) is 0 Å². The molecule has 0 aromatic heterocycles. The first-order valence-electron chi connectivity index (χ1n) is 4.34. The van der Waals surface area contributed by atoms with Gasteiger partial charge in [-0.3, -0.25) is 0 Å². The number of rotatable bonds is 3. The van der Waals surface area contributed by atoms with E-state index in [-0.39, 0.29) is 12.2 Å². The summed E-state index contributed by atoms with van der Waals surface area (Å²) in [5.74, 6) is -0.479. The molecule has 1 aliphatic heterocycles. The number of ether oxygens (including phenoxy) is 2. The minimum Gasteiger partial charge on any atom is -0.345 e. The minimum absolute atomic E-state index is 0.0743. The third-order valence-corrected chi connectivity index (χ3v) is 2.00. The van der Waals surface area contributed by atoms with Crippen molar-refractivity contribution in [1.82, 2.24) is 0 Å². The Morgan fingerprint density at radius 1 is 1.42 bits per heavy atom. The third-order valence-electron chi connectivity index (χ3n) is 2.00. The lowest BCUT2D eigenvalue weighted by molar-refractivity contribution is -0.145. The fourth-order valence-corrected chi connectivity index (χ4v) is 1.54. The smallest absolute Gasteiger partial charge is 0.163 e. The van der Waals surface area contributed by atoms with Crippen molar-refractivity contribution in [2.45, 2.75) is 51.6 Å². The summed E-state index contributed by atoms with van der Waals surface area (Å²) in [4.78, 5) is 10.1. The molecule has 1 aliphatic rings. The summed E-state index contributed by atoms with van der Waals surface area (Å²) >= 11 is 0. The van der Waals surface area contributed by atoms with Crippen molar-refractivity contribution in [3.63, 3.8) is 0 Å². The summed E-state index contributed by atoms with van der Waals surface area (Å²) in [6.45, 7) is 5.76. The molecule has 3 heteroatoms. The predicted octanol–water partition coefficient (Wildman–Crippen LogP) is 1.51. The average Bonchev–Trinajstić information content (AvgIpc) is 2.20. The maximum absolute atomic E-state index is 10.1. The molecule has 0 amide bonds. The third kappa shape index (κ3) is 2.29. The summed E-state index contributed by atoms with van der Waals surface area (Å²) in [6.07, 6.45) is 2.40. The van der Waals surface area contributed by atoms with E-state index in [9.17, 15) is 4.79 Å². The molecule has 0 aromatic carbocycles. The summed E-state index contributed by atoms with van der Waals surface area (Å²) in [7, 11) is 0. The van der Waals surface area contributed by atoms with Gasteiger partial charge in [0.25, 0.3) is 0 Å². The molecule has 1 heterocycles. The van der Waals surface area contributed by atoms with Crippen LogP contribution in [0, 0.1) is 0 Å². The van der Waals surface area contributed by atoms with E-state index in [1.165, 1.54) is 0 Å². The molecule has 0 bridgehead atoms. The number of aldehydes is 1. The quantitative estimate of drug-likeness (QED) is 0.605. The summed E-state index contributed by atoms with van der Waals surface area (Å²) in [5.41, 5.74) is 0. The van der Waals surface area contributed by atoms with Crippen LogP contribution in [-0.4, -0.2) is 24.3 Å². The molecule has 70 valence electrons. The van der Waals surface area contributed by atoms with Gasteiger partial charge in [-0.15, -0.1) is 0 Å². The molecule has 1 saturated heterocycles. The molecule has 0 saturated carbocycles. The Balaban J connectivity index is 2.41. The zero-order valence-electron chi connectivity index (χ0n) is 7.87. The van der Waals surface area contributed by atoms with Gasteiger partial charge in [-0.1, -0.05) is 0 Å². The van der Waals surface area contributed by atoms with Gasteiger partial charge in [0, 0.05) is 6.42 Å². The molecule has 0 N–H and O–H groups in total. The van der Waals surface area contributed by atoms with Crippen LogP contribution in [0.2, 0.25) is 0 Å². The number of carbonyl (C=O) groups excluding carboxylic acids is 1. The van der Waals surface area contributed by atoms with Crippen LogP contribution >= 0.6 is 0 Å². The van der Waals surface area contributed by atoms with E-state index in [1.807, 2.05) is 20.8 Å². The molecular weight excluding hydrogens is 156 g/mol. The summed E-state index contributed by atoms with van der Waals surface area (Å²) in [5, 5.41) is 0. The average molecular weight is 172 g/mol. The Hall–Kier alpha value is -0.410. The normalized spacial score (nSPS) is 33.6. The van der Waals surface area contributed by atoms with Gasteiger partial charge in [-0.25, -0.2) is 0 Å². The first-order chi connectivity index (χ1) is 5.55. The SMILES string of the molecule is C[C@@H]1OC(C)(C)O[C@H]1CCC=O. The first kappa shape index (κ1) is 9.68. The highest BCUT2D eigenvalue weighted by atomic mass is 16.7. The van der Waals surface area contributed by atoms with Crippen molar-refractivity contribution in [2.24, 2.45) is 0 Å². The van der Waals surface area contributed by atoms with Gasteiger partial charge in [-0.05, 0) is 27.2 Å². The van der Waals surface area contributed by atoms with Crippen LogP contribution in [0.1, 0.15) is 33.6 Å². The van der Waals surface area contributed by atoms with Crippen LogP contribution in [0.25, 0.3) is 0 Å². The maximum Gasteiger partial charge on any atom is 0.163 e. The van der Waals surface area contributed by atoms with E-state index < -0.39 is 5.79 Å². The molecule has 0 aliphatic carbocycles. The molecule has 0 radical (unpaired) electrons. The van der Waals surface area contributed by atoms with Gasteiger partial charge in [-0.2, -0.15) is 0 Å². The van der Waals surface area contributed by atoms with E-state index >= 15 is 0 Å². The van der Waals surface area contributed by atoms with Gasteiger partial charge >= 0.3 is 0 Å². The standard InChI is InChI=1S/C9H16O3/c1-7-8(5-4-6-10)12-9(2,3)11-7/h6-8H,4-5H2,1-3H3/t7-,8-/m0/s1. The van der Waals surface area contributed by atoms with Crippen LogP contribution in [0.5, 0.6) is 0 Å². The zero-order valence-corrected chi connectivity index (χ0v) is 7.87. The Labute approximate surface area is 73.0 Å². The highest BCUT2D eigenvalue weighted by Gasteiger charge is 2.37. The van der Waals surface area contributed by atoms with Crippen molar-refractivity contribution in [1.29, 1.82) is 0 Å². The lowest BCUT2D eigenvalue weighted by Crippen LogP contribution is -2.21. The van der Waals surface area contributed by atoms with Crippen LogP contribution in [-0.2, 0) is 14.3 Å². The van der Waals surface area contributed by atoms with E-state index in [0.29, 0.717) is 6.42 Å². The van der Waals surface area contributed by atoms with Gasteiger partial charge < -0.3 is 14.3 Å². The molecule has 12 heavy (non-hydrogen) atoms. The second-order valence-electron chi connectivity index (χ2n) is 3.62. The van der Waals surface area contributed by atoms with Crippen LogP contribution < -0.4 is 0 Å². The van der Waals surface area contributed by atoms with Crippen molar-refractivity contribution in [3.8, 4) is 0 Å². The summed E-state index contributed by atoms with van der Waals surface area (Å²) in [6, 6.07) is 0. The van der Waals surface area contributed by atoms with Crippen LogP contribution in [0.3, 0.4) is 0 Å². The summed E-state index contributed by atoms with van der Waals surface area (Å²) < 4.78 is 11.1. The Morgan fingerprint density at radius 2 is 2.08 bits per heavy atom. The van der Waals surface area contributed by atoms with Gasteiger partial charge in [0.15, 0.2) is 5.79 Å². The predicted molar refractivity (Wildman–Crippen MR) is 44.8 cm³/mol. The maximum atomic E-state index is 10.1. The molecule has 0 aromatic rings. The van der Waals surface area contributed by atoms with Crippen molar-refractivity contribution < 1.29 is 14.3 Å². The van der Waals surface area contributed by atoms with Gasteiger partial charge in [0.1, 0.15) is 6.29 Å². The van der Waals surface area contributed by atoms with E-state index in [1.54, 1.807) is 0 Å². The molecule has 0 unspecified atom stereocenters. The lowest BCUT2D eigenvalue weighted by atomic mass is 10.1. The van der Waals surface area contributed by atoms with E-state index in [4.69, 9.17) is 9.47 Å². The molecule has 1 fully saturated rings. The van der Waals surface area contributed by atoms with Crippen molar-refractivity contribution in [2.75, 3.05) is 0 Å². The number of hydrogen-bond donors (Lipinski definition) is 0. The number of hydrogen-bond acceptors (Lipinski definition) is 3. The second-order valence-corrected chi connectivity index (χ2v) is 3.62. The Kier molecular flexibility index (Phi) is 2.85. The largest absolute Gasteiger partial charge is 0.345 e. The van der Waals surface area contributed by atoms with Crippen LogP contribution in [0.15, 0.2) is 0 Å². The minimum atomic E-state index is -0.479. The highest BCUT2D eigenvalue weighted by molar-refractivity contribution is 5.49. The van der Waals surface area contributed by atoms with Crippen molar-refractivity contribution in [3.05, 3.63) is 0 Å². The Morgan fingerprint density at radius 3 is 2.50 bits per heavy atom. The Bertz CT molecular complexity index is 165. The van der Waals surface area contributed by atoms with Gasteiger partial charge in [0.05, 0.1) is 12.2 Å². The van der Waals surface area contributed by atoms with Gasteiger partial charge in [0.2, 0.25) is 0 Å².